The summed E-state index contributed by atoms with van der Waals surface area (Å²) in [6, 6.07) is 12.6. The topological polar surface area (TPSA) is 46.6 Å². The minimum atomic E-state index is -1.71. The number of halogens is 2. The Labute approximate surface area is 149 Å². The number of alkyl halides is 1. The number of carbonyl (C=O) groups excluding carboxylic acids is 2. The van der Waals surface area contributed by atoms with E-state index >= 15 is 0 Å². The van der Waals surface area contributed by atoms with Crippen LogP contribution >= 0.6 is 0 Å². The summed E-state index contributed by atoms with van der Waals surface area (Å²) in [5, 5.41) is 0. The third-order valence-corrected chi connectivity index (χ3v) is 5.08. The Balaban J connectivity index is 1.53. The Morgan fingerprint density at radius 2 is 1.62 bits per heavy atom. The van der Waals surface area contributed by atoms with Crippen molar-refractivity contribution in [3.8, 4) is 11.1 Å². The summed E-state index contributed by atoms with van der Waals surface area (Å²) in [5.41, 5.74) is 4.27. The predicted octanol–water partition coefficient (Wildman–Crippen LogP) is 3.84. The number of likely N-dealkylation sites (tertiary alicyclic amines) is 1. The highest BCUT2D eigenvalue weighted by atomic mass is 19.1. The fourth-order valence-electron chi connectivity index (χ4n) is 3.88. The van der Waals surface area contributed by atoms with E-state index in [9.17, 15) is 18.4 Å². The summed E-state index contributed by atoms with van der Waals surface area (Å²) >= 11 is 0. The van der Waals surface area contributed by atoms with E-state index in [1.54, 1.807) is 0 Å². The van der Waals surface area contributed by atoms with Crippen molar-refractivity contribution < 1.29 is 23.1 Å². The van der Waals surface area contributed by atoms with Crippen molar-refractivity contribution in [1.29, 1.82) is 0 Å². The van der Waals surface area contributed by atoms with Gasteiger partial charge in [-0.2, -0.15) is 4.39 Å². The van der Waals surface area contributed by atoms with E-state index in [2.05, 4.69) is 0 Å². The number of amides is 1. The van der Waals surface area contributed by atoms with Gasteiger partial charge in [0, 0.05) is 12.3 Å². The van der Waals surface area contributed by atoms with Crippen molar-refractivity contribution in [2.45, 2.75) is 24.6 Å². The molecule has 0 spiro atoms. The molecule has 4 rings (SSSR count). The summed E-state index contributed by atoms with van der Waals surface area (Å²) in [7, 11) is 0. The number of rotatable bonds is 3. The molecule has 2 aromatic rings. The molecule has 1 saturated heterocycles. The van der Waals surface area contributed by atoms with Crippen LogP contribution in [0.3, 0.4) is 0 Å². The summed E-state index contributed by atoms with van der Waals surface area (Å²) in [6.07, 6.45) is -2.59. The molecule has 1 heterocycles. The van der Waals surface area contributed by atoms with E-state index < -0.39 is 24.3 Å². The molecule has 1 aliphatic heterocycles. The molecule has 1 fully saturated rings. The van der Waals surface area contributed by atoms with Crippen LogP contribution in [0.5, 0.6) is 0 Å². The molecule has 2 unspecified atom stereocenters. The van der Waals surface area contributed by atoms with Crippen molar-refractivity contribution in [2.75, 3.05) is 13.2 Å². The average molecular weight is 357 g/mol. The Hall–Kier alpha value is -2.76. The molecule has 2 aliphatic rings. The maximum absolute atomic E-state index is 13.5. The Morgan fingerprint density at radius 1 is 1.04 bits per heavy atom. The van der Waals surface area contributed by atoms with Gasteiger partial charge < -0.3 is 4.74 Å². The molecule has 0 radical (unpaired) electrons. The lowest BCUT2D eigenvalue weighted by atomic mass is 9.98. The highest BCUT2D eigenvalue weighted by Gasteiger charge is 2.41. The highest BCUT2D eigenvalue weighted by molar-refractivity contribution is 5.82. The molecule has 6 heteroatoms. The largest absolute Gasteiger partial charge is 0.448 e. The molecule has 1 amide bonds. The van der Waals surface area contributed by atoms with Gasteiger partial charge >= 0.3 is 12.1 Å². The predicted molar refractivity (Wildman–Crippen MR) is 91.2 cm³/mol. The van der Waals surface area contributed by atoms with Gasteiger partial charge in [-0.3, -0.25) is 9.69 Å². The van der Waals surface area contributed by atoms with E-state index in [0.29, 0.717) is 0 Å². The molecule has 2 atom stereocenters. The van der Waals surface area contributed by atoms with Crippen LogP contribution < -0.4 is 0 Å². The number of ether oxygens (including phenoxy) is 1. The summed E-state index contributed by atoms with van der Waals surface area (Å²) in [5.74, 6) is -0.144. The van der Waals surface area contributed by atoms with E-state index in [-0.39, 0.29) is 25.5 Å². The van der Waals surface area contributed by atoms with E-state index in [0.717, 1.165) is 27.2 Å². The van der Waals surface area contributed by atoms with Crippen molar-refractivity contribution in [2.24, 2.45) is 0 Å². The molecule has 0 saturated carbocycles. The summed E-state index contributed by atoms with van der Waals surface area (Å²) in [4.78, 5) is 24.2. The molecule has 4 nitrogen and oxygen atoms in total. The van der Waals surface area contributed by atoms with Gasteiger partial charge in [-0.25, -0.2) is 9.18 Å². The second kappa shape index (κ2) is 6.52. The van der Waals surface area contributed by atoms with Gasteiger partial charge in [0.2, 0.25) is 0 Å². The normalized spacial score (nSPS) is 21.4. The van der Waals surface area contributed by atoms with Crippen LogP contribution in [0.1, 0.15) is 23.5 Å². The van der Waals surface area contributed by atoms with Crippen molar-refractivity contribution in [1.82, 2.24) is 4.90 Å². The second-order valence-corrected chi connectivity index (χ2v) is 6.61. The van der Waals surface area contributed by atoms with Crippen LogP contribution in [0.4, 0.5) is 13.6 Å². The van der Waals surface area contributed by atoms with Crippen LogP contribution in [-0.2, 0) is 9.53 Å². The van der Waals surface area contributed by atoms with Gasteiger partial charge in [-0.1, -0.05) is 48.5 Å². The van der Waals surface area contributed by atoms with Crippen LogP contribution in [-0.4, -0.2) is 42.4 Å². The van der Waals surface area contributed by atoms with Gasteiger partial charge in [0.15, 0.2) is 0 Å². The molecular formula is C20H17F2NO3. The lowest BCUT2D eigenvalue weighted by molar-refractivity contribution is -0.133. The van der Waals surface area contributed by atoms with Gasteiger partial charge in [-0.15, -0.1) is 0 Å². The molecule has 0 N–H and O–H groups in total. The molecular weight excluding hydrogens is 340 g/mol. The molecule has 26 heavy (non-hydrogen) atoms. The number of nitrogens with zero attached hydrogens (tertiary/aromatic N) is 1. The number of benzene rings is 2. The maximum Gasteiger partial charge on any atom is 0.410 e. The third kappa shape index (κ3) is 2.75. The standard InChI is InChI=1S/C20H17F2NO3/c21-12-9-18(19(22)24)23(10-12)20(25)26-11-17-15-7-3-1-5-13(15)14-6-2-4-8-16(14)17/h1-8,12,17-18H,9-11H2. The average Bonchev–Trinajstić information content (AvgIpc) is 3.18. The fraction of sp³-hybridized carbons (Fsp3) is 0.300. The Bertz CT molecular complexity index is 824. The SMILES string of the molecule is O=C(F)C1CC(F)CN1C(=O)OCC1c2ccccc2-c2ccccc21. The third-order valence-electron chi connectivity index (χ3n) is 5.08. The highest BCUT2D eigenvalue weighted by Crippen LogP contribution is 2.44. The quantitative estimate of drug-likeness (QED) is 0.784. The van der Waals surface area contributed by atoms with Crippen LogP contribution in [0, 0.1) is 0 Å². The Kier molecular flexibility index (Phi) is 4.18. The molecule has 0 aromatic heterocycles. The minimum Gasteiger partial charge on any atom is -0.448 e. The lowest BCUT2D eigenvalue weighted by Gasteiger charge is -2.22. The molecule has 1 aliphatic carbocycles. The molecule has 2 aromatic carbocycles. The van der Waals surface area contributed by atoms with Gasteiger partial charge in [-0.05, 0) is 22.3 Å². The fourth-order valence-corrected chi connectivity index (χ4v) is 3.88. The second-order valence-electron chi connectivity index (χ2n) is 6.61. The molecule has 0 bridgehead atoms. The maximum atomic E-state index is 13.5. The van der Waals surface area contributed by atoms with Crippen molar-refractivity contribution >= 4 is 12.1 Å². The van der Waals surface area contributed by atoms with Crippen LogP contribution in [0.2, 0.25) is 0 Å². The first-order valence-electron chi connectivity index (χ1n) is 8.51. The first-order valence-corrected chi connectivity index (χ1v) is 8.51. The summed E-state index contributed by atoms with van der Waals surface area (Å²) < 4.78 is 31.9. The first kappa shape index (κ1) is 16.7. The zero-order valence-electron chi connectivity index (χ0n) is 13.9. The van der Waals surface area contributed by atoms with Crippen molar-refractivity contribution in [3.63, 3.8) is 0 Å². The van der Waals surface area contributed by atoms with Crippen molar-refractivity contribution in [3.05, 3.63) is 59.7 Å². The monoisotopic (exact) mass is 357 g/mol. The Morgan fingerprint density at radius 3 is 2.19 bits per heavy atom. The van der Waals surface area contributed by atoms with Crippen LogP contribution in [0.15, 0.2) is 48.5 Å². The molecule has 134 valence electrons. The van der Waals surface area contributed by atoms with Gasteiger partial charge in [0.1, 0.15) is 18.8 Å². The zero-order valence-corrected chi connectivity index (χ0v) is 13.9. The van der Waals surface area contributed by atoms with Crippen LogP contribution in [0.25, 0.3) is 11.1 Å². The number of hydrogen-bond acceptors (Lipinski definition) is 3. The van der Waals surface area contributed by atoms with Gasteiger partial charge in [0.25, 0.3) is 0 Å². The van der Waals surface area contributed by atoms with E-state index in [4.69, 9.17) is 4.74 Å². The first-order chi connectivity index (χ1) is 12.6. The van der Waals surface area contributed by atoms with E-state index in [1.807, 2.05) is 48.5 Å². The zero-order chi connectivity index (χ0) is 18.3. The number of hydrogen-bond donors (Lipinski definition) is 0. The number of carbonyl (C=O) groups is 2. The minimum absolute atomic E-state index is 0.0491. The van der Waals surface area contributed by atoms with Gasteiger partial charge in [0.05, 0.1) is 6.54 Å². The lowest BCUT2D eigenvalue weighted by Crippen LogP contribution is -2.40. The smallest absolute Gasteiger partial charge is 0.410 e. The van der Waals surface area contributed by atoms with E-state index in [1.165, 1.54) is 0 Å². The number of fused-ring (bicyclic) bond motifs is 3. The summed E-state index contributed by atoms with van der Waals surface area (Å²) in [6.45, 7) is -0.273.